The molecule has 0 radical (unpaired) electrons. The van der Waals surface area contributed by atoms with E-state index in [-0.39, 0.29) is 18.0 Å². The van der Waals surface area contributed by atoms with Crippen LogP contribution >= 0.6 is 0 Å². The van der Waals surface area contributed by atoms with Crippen molar-refractivity contribution in [1.29, 1.82) is 0 Å². The summed E-state index contributed by atoms with van der Waals surface area (Å²) < 4.78 is 21.9. The Kier molecular flexibility index (Phi) is 6.17. The van der Waals surface area contributed by atoms with E-state index < -0.39 is 0 Å². The van der Waals surface area contributed by atoms with Crippen LogP contribution in [0.2, 0.25) is 0 Å². The molecule has 152 valence electrons. The van der Waals surface area contributed by atoms with Crippen LogP contribution in [0.5, 0.6) is 0 Å². The molecule has 2 atom stereocenters. The molecule has 4 rings (SSSR count). The monoisotopic (exact) mass is 389 g/mol. The van der Waals surface area contributed by atoms with Crippen LogP contribution in [0.1, 0.15) is 44.5 Å². The van der Waals surface area contributed by atoms with Crippen molar-refractivity contribution in [3.8, 4) is 0 Å². The quantitative estimate of drug-likeness (QED) is 0.772. The molecule has 2 aliphatic rings. The molecule has 2 fully saturated rings. The second kappa shape index (κ2) is 8.96. The predicted molar refractivity (Wildman–Crippen MR) is 104 cm³/mol. The second-order valence-corrected chi connectivity index (χ2v) is 7.79. The van der Waals surface area contributed by atoms with E-state index in [2.05, 4.69) is 27.3 Å². The third-order valence-electron chi connectivity index (χ3n) is 5.94. The first-order chi connectivity index (χ1) is 13.8. The summed E-state index contributed by atoms with van der Waals surface area (Å²) in [7, 11) is 0. The van der Waals surface area contributed by atoms with E-state index >= 15 is 0 Å². The zero-order valence-corrected chi connectivity index (χ0v) is 16.6. The van der Waals surface area contributed by atoms with Crippen molar-refractivity contribution < 1.29 is 14.0 Å². The zero-order valence-electron chi connectivity index (χ0n) is 16.6. The summed E-state index contributed by atoms with van der Waals surface area (Å²) in [5, 5.41) is 12.6. The van der Waals surface area contributed by atoms with Crippen molar-refractivity contribution in [2.75, 3.05) is 37.7 Å². The summed E-state index contributed by atoms with van der Waals surface area (Å²) >= 11 is 0. The smallest absolute Gasteiger partial charge is 0.209 e. The summed E-state index contributed by atoms with van der Waals surface area (Å²) in [4.78, 5) is 3.63. The molecule has 1 aromatic heterocycles. The van der Waals surface area contributed by atoms with Gasteiger partial charge in [0.2, 0.25) is 5.82 Å². The molecule has 2 saturated heterocycles. The van der Waals surface area contributed by atoms with Crippen molar-refractivity contribution in [3.63, 3.8) is 0 Å². The Morgan fingerprint density at radius 3 is 2.82 bits per heavy atom. The molecule has 0 amide bonds. The molecule has 1 N–H and O–H groups in total. The number of para-hydroxylation sites is 1. The van der Waals surface area contributed by atoms with Crippen molar-refractivity contribution in [3.05, 3.63) is 35.9 Å². The van der Waals surface area contributed by atoms with Crippen molar-refractivity contribution in [1.82, 2.24) is 20.2 Å². The van der Waals surface area contributed by atoms with Crippen LogP contribution in [0.4, 0.5) is 10.1 Å². The zero-order chi connectivity index (χ0) is 19.3. The average Bonchev–Trinajstić information content (AvgIpc) is 3.39. The molecule has 0 bridgehead atoms. The summed E-state index contributed by atoms with van der Waals surface area (Å²) in [6.07, 6.45) is 4.53. The molecule has 0 spiro atoms. The number of halogens is 1. The number of quaternary nitrogens is 1. The van der Waals surface area contributed by atoms with Gasteiger partial charge in [-0.3, -0.25) is 0 Å². The number of piperazine rings is 1. The minimum atomic E-state index is -0.142. The number of ether oxygens (including phenoxy) is 1. The van der Waals surface area contributed by atoms with Gasteiger partial charge in [-0.15, -0.1) is 5.10 Å². The van der Waals surface area contributed by atoms with E-state index in [0.29, 0.717) is 5.69 Å². The fourth-order valence-corrected chi connectivity index (χ4v) is 4.47. The third kappa shape index (κ3) is 4.17. The number of hydrogen-bond acceptors (Lipinski definition) is 5. The Morgan fingerprint density at radius 1 is 1.29 bits per heavy atom. The number of tetrazole rings is 1. The number of hydrogen-bond donors (Lipinski definition) is 1. The lowest BCUT2D eigenvalue weighted by molar-refractivity contribution is -0.933. The highest BCUT2D eigenvalue weighted by Crippen LogP contribution is 2.20. The van der Waals surface area contributed by atoms with Crippen LogP contribution in [0, 0.1) is 5.82 Å². The standard InChI is InChI=1S/C20H29FN6O/c1-2-6-19(20-22-23-24-27(20)15-16-7-5-14-28-16)26-12-10-25(11-13-26)18-9-4-3-8-17(18)21/h3-4,8-9,16,19H,2,5-7,10-15H2,1H3/p+1/t16-,19-/m1/s1. The molecule has 2 aliphatic heterocycles. The van der Waals surface area contributed by atoms with Crippen molar-refractivity contribution in [2.45, 2.75) is 51.3 Å². The molecule has 0 unspecified atom stereocenters. The Labute approximate surface area is 165 Å². The molecule has 0 aliphatic carbocycles. The highest BCUT2D eigenvalue weighted by atomic mass is 19.1. The Bertz CT molecular complexity index is 755. The number of aromatic nitrogens is 4. The summed E-state index contributed by atoms with van der Waals surface area (Å²) in [5.74, 6) is 0.822. The van der Waals surface area contributed by atoms with E-state index in [1.807, 2.05) is 16.8 Å². The minimum Gasteiger partial charge on any atom is -0.376 e. The highest BCUT2D eigenvalue weighted by Gasteiger charge is 2.33. The van der Waals surface area contributed by atoms with Gasteiger partial charge in [0.25, 0.3) is 0 Å². The lowest BCUT2D eigenvalue weighted by Crippen LogP contribution is -3.15. The molecule has 28 heavy (non-hydrogen) atoms. The number of anilines is 1. The molecule has 0 saturated carbocycles. The predicted octanol–water partition coefficient (Wildman–Crippen LogP) is 1.24. The first-order valence-corrected chi connectivity index (χ1v) is 10.5. The number of nitrogens with zero attached hydrogens (tertiary/aromatic N) is 5. The number of benzene rings is 1. The van der Waals surface area contributed by atoms with Gasteiger partial charge in [0.15, 0.2) is 0 Å². The van der Waals surface area contributed by atoms with Gasteiger partial charge in [-0.25, -0.2) is 9.07 Å². The van der Waals surface area contributed by atoms with Crippen LogP contribution in [0.15, 0.2) is 24.3 Å². The second-order valence-electron chi connectivity index (χ2n) is 7.79. The maximum absolute atomic E-state index is 14.1. The normalized spacial score (nSPS) is 21.9. The summed E-state index contributed by atoms with van der Waals surface area (Å²) in [6, 6.07) is 7.31. The maximum atomic E-state index is 14.1. The lowest BCUT2D eigenvalue weighted by Gasteiger charge is -2.37. The molecule has 3 heterocycles. The molecule has 7 nitrogen and oxygen atoms in total. The fourth-order valence-electron chi connectivity index (χ4n) is 4.47. The van der Waals surface area contributed by atoms with E-state index in [9.17, 15) is 4.39 Å². The van der Waals surface area contributed by atoms with Crippen LogP contribution in [-0.2, 0) is 11.3 Å². The van der Waals surface area contributed by atoms with Crippen molar-refractivity contribution >= 4 is 5.69 Å². The van der Waals surface area contributed by atoms with Crippen molar-refractivity contribution in [2.24, 2.45) is 0 Å². The topological polar surface area (TPSA) is 60.5 Å². The lowest BCUT2D eigenvalue weighted by atomic mass is 10.1. The van der Waals surface area contributed by atoms with E-state index in [4.69, 9.17) is 4.74 Å². The van der Waals surface area contributed by atoms with Gasteiger partial charge in [-0.1, -0.05) is 25.5 Å². The van der Waals surface area contributed by atoms with E-state index in [1.165, 1.54) is 11.0 Å². The Balaban J connectivity index is 1.44. The average molecular weight is 389 g/mol. The van der Waals surface area contributed by atoms with Gasteiger partial charge in [-0.2, -0.15) is 0 Å². The Morgan fingerprint density at radius 2 is 2.11 bits per heavy atom. The van der Waals surface area contributed by atoms with E-state index in [0.717, 1.165) is 70.8 Å². The van der Waals surface area contributed by atoms with Gasteiger partial charge < -0.3 is 14.5 Å². The van der Waals surface area contributed by atoms with Crippen LogP contribution < -0.4 is 9.80 Å². The largest absolute Gasteiger partial charge is 0.376 e. The highest BCUT2D eigenvalue weighted by molar-refractivity contribution is 5.47. The SMILES string of the molecule is CCC[C@H](c1nnnn1C[C@H]1CCCO1)[NH+]1CCN(c2ccccc2F)CC1. The van der Waals surface area contributed by atoms with Crippen LogP contribution in [-0.4, -0.2) is 59.1 Å². The first kappa shape index (κ1) is 19.3. The van der Waals surface area contributed by atoms with Gasteiger partial charge in [0.1, 0.15) is 11.9 Å². The van der Waals surface area contributed by atoms with Gasteiger partial charge in [0.05, 0.1) is 44.5 Å². The molecule has 2 aromatic rings. The maximum Gasteiger partial charge on any atom is 0.209 e. The first-order valence-electron chi connectivity index (χ1n) is 10.5. The van der Waals surface area contributed by atoms with Crippen LogP contribution in [0.3, 0.4) is 0 Å². The summed E-state index contributed by atoms with van der Waals surface area (Å²) in [6.45, 7) is 7.35. The third-order valence-corrected chi connectivity index (χ3v) is 5.94. The van der Waals surface area contributed by atoms with Gasteiger partial charge >= 0.3 is 0 Å². The van der Waals surface area contributed by atoms with E-state index in [1.54, 1.807) is 6.07 Å². The summed E-state index contributed by atoms with van der Waals surface area (Å²) in [5.41, 5.74) is 0.705. The van der Waals surface area contributed by atoms with Crippen LogP contribution in [0.25, 0.3) is 0 Å². The molecular formula is C20H30FN6O+. The fraction of sp³-hybridized carbons (Fsp3) is 0.650. The number of rotatable bonds is 7. The Hall–Kier alpha value is -2.06. The number of nitrogens with one attached hydrogen (secondary N) is 1. The minimum absolute atomic E-state index is 0.142. The van der Waals surface area contributed by atoms with Gasteiger partial charge in [0, 0.05) is 13.0 Å². The molecular weight excluding hydrogens is 359 g/mol. The molecule has 8 heteroatoms. The van der Waals surface area contributed by atoms with Gasteiger partial charge in [-0.05, 0) is 35.4 Å². The molecule has 1 aromatic carbocycles.